The smallest absolute Gasteiger partial charge is 0.240 e. The van der Waals surface area contributed by atoms with Crippen molar-refractivity contribution >= 4 is 10.0 Å². The largest absolute Gasteiger partial charge is 0.384 e. The lowest BCUT2D eigenvalue weighted by Gasteiger charge is -2.29. The van der Waals surface area contributed by atoms with Gasteiger partial charge >= 0.3 is 0 Å². The highest BCUT2D eigenvalue weighted by Crippen LogP contribution is 2.27. The van der Waals surface area contributed by atoms with Crippen molar-refractivity contribution in [2.24, 2.45) is 0 Å². The molecule has 1 aromatic rings. The molecule has 0 radical (unpaired) electrons. The number of methoxy groups -OCH3 is 1. The molecule has 2 N–H and O–H groups in total. The molecule has 0 amide bonds. The minimum atomic E-state index is -3.43. The van der Waals surface area contributed by atoms with Crippen molar-refractivity contribution in [2.75, 3.05) is 13.7 Å². The molecule has 2 heterocycles. The molecule has 0 aromatic heterocycles. The molecule has 5 nitrogen and oxygen atoms in total. The third-order valence-electron chi connectivity index (χ3n) is 4.62. The van der Waals surface area contributed by atoms with Crippen molar-refractivity contribution in [3.05, 3.63) is 29.8 Å². The third-order valence-corrected chi connectivity index (χ3v) is 6.16. The van der Waals surface area contributed by atoms with Gasteiger partial charge in [-0.2, -0.15) is 0 Å². The summed E-state index contributed by atoms with van der Waals surface area (Å²) in [5.74, 6) is 0. The number of hydrogen-bond acceptors (Lipinski definition) is 4. The van der Waals surface area contributed by atoms with Crippen molar-refractivity contribution in [2.45, 2.75) is 55.1 Å². The predicted molar refractivity (Wildman–Crippen MR) is 85.3 cm³/mol. The number of nitrogens with one attached hydrogen (secondary N) is 2. The Kier molecular flexibility index (Phi) is 4.82. The maximum Gasteiger partial charge on any atom is 0.240 e. The van der Waals surface area contributed by atoms with Crippen LogP contribution in [0.5, 0.6) is 0 Å². The van der Waals surface area contributed by atoms with Gasteiger partial charge in [-0.3, -0.25) is 0 Å². The Hall–Kier alpha value is -0.950. The molecule has 2 fully saturated rings. The van der Waals surface area contributed by atoms with E-state index in [2.05, 4.69) is 10.0 Å². The van der Waals surface area contributed by atoms with Crippen LogP contribution in [0.25, 0.3) is 0 Å². The van der Waals surface area contributed by atoms with E-state index < -0.39 is 10.0 Å². The van der Waals surface area contributed by atoms with Gasteiger partial charge in [0.2, 0.25) is 10.0 Å². The number of rotatable bonds is 6. The minimum absolute atomic E-state index is 0.0527. The average Bonchev–Trinajstić information content (AvgIpc) is 2.84. The molecule has 2 saturated heterocycles. The summed E-state index contributed by atoms with van der Waals surface area (Å²) in [4.78, 5) is 0.347. The summed E-state index contributed by atoms with van der Waals surface area (Å²) in [6.07, 6.45) is 4.90. The number of piperidine rings is 1. The summed E-state index contributed by atoms with van der Waals surface area (Å²) >= 11 is 0. The van der Waals surface area contributed by atoms with Gasteiger partial charge in [0.05, 0.1) is 11.5 Å². The standard InChI is InChI=1S/C16H24N2O3S/c1-21-9-8-12-2-6-16(7-3-12)22(19,20)18-15-10-13-4-5-14(11-15)17-13/h2-3,6-7,13-15,17-18H,4-5,8-11H2,1H3. The van der Waals surface area contributed by atoms with Crippen LogP contribution >= 0.6 is 0 Å². The maximum atomic E-state index is 12.5. The zero-order valence-electron chi connectivity index (χ0n) is 12.9. The Balaban J connectivity index is 1.64. The Morgan fingerprint density at radius 3 is 2.41 bits per heavy atom. The molecule has 3 rings (SSSR count). The van der Waals surface area contributed by atoms with Crippen molar-refractivity contribution in [3.63, 3.8) is 0 Å². The topological polar surface area (TPSA) is 67.4 Å². The van der Waals surface area contributed by atoms with Crippen molar-refractivity contribution in [1.82, 2.24) is 10.0 Å². The molecule has 2 bridgehead atoms. The predicted octanol–water partition coefficient (Wildman–Crippen LogP) is 1.44. The van der Waals surface area contributed by atoms with Gasteiger partial charge in [-0.15, -0.1) is 0 Å². The number of fused-ring (bicyclic) bond motifs is 2. The van der Waals surface area contributed by atoms with Gasteiger partial charge in [0.15, 0.2) is 0 Å². The van der Waals surface area contributed by atoms with Gasteiger partial charge < -0.3 is 10.1 Å². The Labute approximate surface area is 132 Å². The molecule has 2 unspecified atom stereocenters. The number of ether oxygens (including phenoxy) is 1. The average molecular weight is 324 g/mol. The molecule has 2 atom stereocenters. The van der Waals surface area contributed by atoms with Crippen LogP contribution < -0.4 is 10.0 Å². The van der Waals surface area contributed by atoms with E-state index in [-0.39, 0.29) is 6.04 Å². The van der Waals surface area contributed by atoms with E-state index >= 15 is 0 Å². The van der Waals surface area contributed by atoms with Crippen LogP contribution in [-0.2, 0) is 21.2 Å². The zero-order valence-corrected chi connectivity index (χ0v) is 13.7. The summed E-state index contributed by atoms with van der Waals surface area (Å²) in [6, 6.07) is 8.09. The molecule has 1 aromatic carbocycles. The van der Waals surface area contributed by atoms with E-state index in [0.29, 0.717) is 23.6 Å². The fourth-order valence-electron chi connectivity index (χ4n) is 3.50. The number of benzene rings is 1. The quantitative estimate of drug-likeness (QED) is 0.831. The highest BCUT2D eigenvalue weighted by molar-refractivity contribution is 7.89. The van der Waals surface area contributed by atoms with Crippen LogP contribution in [0, 0.1) is 0 Å². The molecule has 122 valence electrons. The van der Waals surface area contributed by atoms with E-state index in [1.807, 2.05) is 12.1 Å². The molecule has 2 aliphatic heterocycles. The second-order valence-corrected chi connectivity index (χ2v) is 8.03. The molecule has 2 aliphatic rings. The first kappa shape index (κ1) is 15.9. The van der Waals surface area contributed by atoms with Crippen molar-refractivity contribution < 1.29 is 13.2 Å². The van der Waals surface area contributed by atoms with Crippen LogP contribution in [0.2, 0.25) is 0 Å². The van der Waals surface area contributed by atoms with Crippen molar-refractivity contribution in [1.29, 1.82) is 0 Å². The Bertz CT molecular complexity index is 588. The normalized spacial score (nSPS) is 28.0. The fraction of sp³-hybridized carbons (Fsp3) is 0.625. The first-order valence-electron chi connectivity index (χ1n) is 7.93. The first-order valence-corrected chi connectivity index (χ1v) is 9.41. The lowest BCUT2D eigenvalue weighted by atomic mass is 10.0. The summed E-state index contributed by atoms with van der Waals surface area (Å²) in [7, 11) is -1.76. The summed E-state index contributed by atoms with van der Waals surface area (Å²) in [6.45, 7) is 0.641. The lowest BCUT2D eigenvalue weighted by Crippen LogP contribution is -2.47. The van der Waals surface area contributed by atoms with Gasteiger partial charge in [0.1, 0.15) is 0 Å². The number of sulfonamides is 1. The fourth-order valence-corrected chi connectivity index (χ4v) is 4.76. The van der Waals surface area contributed by atoms with E-state index in [9.17, 15) is 8.42 Å². The van der Waals surface area contributed by atoms with E-state index in [4.69, 9.17) is 4.74 Å². The Morgan fingerprint density at radius 2 is 1.82 bits per heavy atom. The van der Waals surface area contributed by atoms with Gasteiger partial charge in [0.25, 0.3) is 0 Å². The van der Waals surface area contributed by atoms with Gasteiger partial charge in [0, 0.05) is 25.2 Å². The van der Waals surface area contributed by atoms with Crippen molar-refractivity contribution in [3.8, 4) is 0 Å². The first-order chi connectivity index (χ1) is 10.6. The molecule has 6 heteroatoms. The summed E-state index contributed by atoms with van der Waals surface area (Å²) in [5, 5.41) is 3.53. The third kappa shape index (κ3) is 3.68. The van der Waals surface area contributed by atoms with Crippen LogP contribution in [0.15, 0.2) is 29.2 Å². The molecule has 0 saturated carbocycles. The second kappa shape index (κ2) is 6.66. The molecule has 0 spiro atoms. The number of hydrogen-bond donors (Lipinski definition) is 2. The van der Waals surface area contributed by atoms with Crippen LogP contribution in [0.3, 0.4) is 0 Å². The minimum Gasteiger partial charge on any atom is -0.384 e. The lowest BCUT2D eigenvalue weighted by molar-refractivity contribution is 0.202. The Morgan fingerprint density at radius 1 is 1.18 bits per heavy atom. The van der Waals surface area contributed by atoms with E-state index in [0.717, 1.165) is 37.7 Å². The zero-order chi connectivity index (χ0) is 15.6. The van der Waals surface area contributed by atoms with Crippen LogP contribution in [0.4, 0.5) is 0 Å². The van der Waals surface area contributed by atoms with E-state index in [1.165, 1.54) is 0 Å². The molecule has 22 heavy (non-hydrogen) atoms. The van der Waals surface area contributed by atoms with Gasteiger partial charge in [-0.25, -0.2) is 13.1 Å². The van der Waals surface area contributed by atoms with Crippen LogP contribution in [0.1, 0.15) is 31.2 Å². The van der Waals surface area contributed by atoms with Gasteiger partial charge in [-0.05, 0) is 49.8 Å². The SMILES string of the molecule is COCCc1ccc(S(=O)(=O)NC2CC3CCC(C2)N3)cc1. The second-order valence-electron chi connectivity index (χ2n) is 6.31. The van der Waals surface area contributed by atoms with E-state index in [1.54, 1.807) is 19.2 Å². The highest BCUT2D eigenvalue weighted by atomic mass is 32.2. The summed E-state index contributed by atoms with van der Waals surface area (Å²) in [5.41, 5.74) is 1.08. The summed E-state index contributed by atoms with van der Waals surface area (Å²) < 4.78 is 32.9. The molecule has 0 aliphatic carbocycles. The van der Waals surface area contributed by atoms with Crippen LogP contribution in [-0.4, -0.2) is 40.3 Å². The highest BCUT2D eigenvalue weighted by Gasteiger charge is 2.35. The van der Waals surface area contributed by atoms with Gasteiger partial charge in [-0.1, -0.05) is 12.1 Å². The monoisotopic (exact) mass is 324 g/mol. The molecular formula is C16H24N2O3S. The maximum absolute atomic E-state index is 12.5. The molecular weight excluding hydrogens is 300 g/mol.